The molecule has 3 nitrogen and oxygen atoms in total. The summed E-state index contributed by atoms with van der Waals surface area (Å²) in [5.74, 6) is 0. The lowest BCUT2D eigenvalue weighted by Gasteiger charge is -2.15. The van der Waals surface area contributed by atoms with Crippen molar-refractivity contribution in [3.05, 3.63) is 11.8 Å². The Bertz CT molecular complexity index is 152. The van der Waals surface area contributed by atoms with Crippen LogP contribution < -0.4 is 5.73 Å². The van der Waals surface area contributed by atoms with Crippen LogP contribution in [0.15, 0.2) is 16.8 Å². The summed E-state index contributed by atoms with van der Waals surface area (Å²) < 4.78 is 5.18. The van der Waals surface area contributed by atoms with E-state index < -0.39 is 0 Å². The van der Waals surface area contributed by atoms with Gasteiger partial charge in [0.15, 0.2) is 0 Å². The van der Waals surface area contributed by atoms with Crippen LogP contribution in [0.5, 0.6) is 0 Å². The summed E-state index contributed by atoms with van der Waals surface area (Å²) in [7, 11) is 1.76. The zero-order valence-electron chi connectivity index (χ0n) is 6.13. The van der Waals surface area contributed by atoms with E-state index in [1.807, 2.05) is 0 Å². The minimum Gasteiger partial charge on any atom is -0.404 e. The van der Waals surface area contributed by atoms with E-state index in [1.54, 1.807) is 13.2 Å². The maximum Gasteiger partial charge on any atom is 0.0886 e. The highest BCUT2D eigenvalue weighted by atomic mass is 16.5. The van der Waals surface area contributed by atoms with Gasteiger partial charge >= 0.3 is 0 Å². The zero-order valence-corrected chi connectivity index (χ0v) is 6.13. The number of ether oxygens (including phenoxy) is 1. The van der Waals surface area contributed by atoms with Crippen LogP contribution >= 0.6 is 0 Å². The Kier molecular flexibility index (Phi) is 2.45. The smallest absolute Gasteiger partial charge is 0.0886 e. The zero-order chi connectivity index (χ0) is 7.40. The molecule has 0 spiro atoms. The van der Waals surface area contributed by atoms with E-state index in [2.05, 4.69) is 4.99 Å². The first-order valence-corrected chi connectivity index (χ1v) is 3.33. The van der Waals surface area contributed by atoms with Gasteiger partial charge < -0.3 is 10.5 Å². The molecule has 0 aromatic carbocycles. The highest BCUT2D eigenvalue weighted by molar-refractivity contribution is 6.01. The van der Waals surface area contributed by atoms with Crippen LogP contribution in [-0.2, 0) is 4.74 Å². The molecule has 1 saturated heterocycles. The van der Waals surface area contributed by atoms with Crippen molar-refractivity contribution in [2.24, 2.45) is 10.7 Å². The fourth-order valence-corrected chi connectivity index (χ4v) is 0.976. The molecule has 1 aliphatic heterocycles. The van der Waals surface area contributed by atoms with Crippen LogP contribution in [0, 0.1) is 0 Å². The number of hydrogen-bond donors (Lipinski definition) is 1. The largest absolute Gasteiger partial charge is 0.404 e. The van der Waals surface area contributed by atoms with Crippen LogP contribution in [0.2, 0.25) is 0 Å². The van der Waals surface area contributed by atoms with Gasteiger partial charge in [-0.3, -0.25) is 4.99 Å². The van der Waals surface area contributed by atoms with Gasteiger partial charge in [0.25, 0.3) is 0 Å². The molecular formula is C7H12N2O. The second-order valence-electron chi connectivity index (χ2n) is 2.16. The molecule has 10 heavy (non-hydrogen) atoms. The van der Waals surface area contributed by atoms with E-state index >= 15 is 0 Å². The fourth-order valence-electron chi connectivity index (χ4n) is 0.976. The first-order chi connectivity index (χ1) is 4.88. The normalized spacial score (nSPS) is 27.7. The third-order valence-corrected chi connectivity index (χ3v) is 1.60. The first kappa shape index (κ1) is 7.28. The molecule has 0 bridgehead atoms. The van der Waals surface area contributed by atoms with Crippen LogP contribution in [0.4, 0.5) is 0 Å². The quantitative estimate of drug-likeness (QED) is 0.526. The summed E-state index contributed by atoms with van der Waals surface area (Å²) in [6.45, 7) is 1.38. The SMILES string of the molecule is CN=C1COCCC1=CN. The molecule has 3 heteroatoms. The molecule has 1 fully saturated rings. The van der Waals surface area contributed by atoms with Crippen molar-refractivity contribution in [3.63, 3.8) is 0 Å². The summed E-state index contributed by atoms with van der Waals surface area (Å²) in [5, 5.41) is 0. The Morgan fingerprint density at radius 3 is 3.00 bits per heavy atom. The van der Waals surface area contributed by atoms with Crippen molar-refractivity contribution in [1.82, 2.24) is 0 Å². The van der Waals surface area contributed by atoms with Gasteiger partial charge in [-0.15, -0.1) is 0 Å². The summed E-state index contributed by atoms with van der Waals surface area (Å²) in [4.78, 5) is 4.04. The maximum absolute atomic E-state index is 5.37. The van der Waals surface area contributed by atoms with E-state index in [1.165, 1.54) is 0 Å². The molecule has 0 atom stereocenters. The molecule has 0 aliphatic carbocycles. The number of hydrogen-bond acceptors (Lipinski definition) is 3. The van der Waals surface area contributed by atoms with Gasteiger partial charge in [-0.2, -0.15) is 0 Å². The lowest BCUT2D eigenvalue weighted by molar-refractivity contribution is 0.166. The molecule has 0 radical (unpaired) electrons. The Morgan fingerprint density at radius 2 is 2.50 bits per heavy atom. The molecule has 0 amide bonds. The average Bonchev–Trinajstić information content (AvgIpc) is 2.04. The molecule has 56 valence electrons. The Hall–Kier alpha value is -0.830. The number of nitrogens with zero attached hydrogens (tertiary/aromatic N) is 1. The second-order valence-corrected chi connectivity index (χ2v) is 2.16. The molecule has 2 N–H and O–H groups in total. The Balaban J connectivity index is 2.69. The molecule has 1 rings (SSSR count). The lowest BCUT2D eigenvalue weighted by atomic mass is 10.1. The Morgan fingerprint density at radius 1 is 1.70 bits per heavy atom. The molecule has 0 aromatic heterocycles. The van der Waals surface area contributed by atoms with Gasteiger partial charge in [0, 0.05) is 7.05 Å². The van der Waals surface area contributed by atoms with E-state index in [-0.39, 0.29) is 0 Å². The van der Waals surface area contributed by atoms with E-state index in [4.69, 9.17) is 10.5 Å². The maximum atomic E-state index is 5.37. The average molecular weight is 140 g/mol. The number of aliphatic imine (C=N–C) groups is 1. The standard InChI is InChI=1S/C7H12N2O/c1-9-7-5-10-3-2-6(7)4-8/h4H,2-3,5,8H2,1H3. The van der Waals surface area contributed by atoms with Crippen molar-refractivity contribution in [2.45, 2.75) is 6.42 Å². The minimum atomic E-state index is 0.611. The van der Waals surface area contributed by atoms with Crippen LogP contribution in [0.25, 0.3) is 0 Å². The third-order valence-electron chi connectivity index (χ3n) is 1.60. The number of rotatable bonds is 0. The van der Waals surface area contributed by atoms with Gasteiger partial charge in [-0.05, 0) is 18.2 Å². The highest BCUT2D eigenvalue weighted by Crippen LogP contribution is 2.09. The summed E-state index contributed by atoms with van der Waals surface area (Å²) in [6.07, 6.45) is 2.51. The summed E-state index contributed by atoms with van der Waals surface area (Å²) in [5.41, 5.74) is 7.47. The van der Waals surface area contributed by atoms with Gasteiger partial charge in [0.05, 0.1) is 18.9 Å². The second kappa shape index (κ2) is 3.37. The fraction of sp³-hybridized carbons (Fsp3) is 0.571. The van der Waals surface area contributed by atoms with Gasteiger partial charge in [-0.25, -0.2) is 0 Å². The predicted octanol–water partition coefficient (Wildman–Crippen LogP) is 0.320. The van der Waals surface area contributed by atoms with Gasteiger partial charge in [0.1, 0.15) is 0 Å². The third kappa shape index (κ3) is 1.36. The predicted molar refractivity (Wildman–Crippen MR) is 41.1 cm³/mol. The van der Waals surface area contributed by atoms with Gasteiger partial charge in [0.2, 0.25) is 0 Å². The molecule has 1 heterocycles. The van der Waals surface area contributed by atoms with E-state index in [0.29, 0.717) is 6.61 Å². The van der Waals surface area contributed by atoms with E-state index in [0.717, 1.165) is 24.3 Å². The molecule has 1 aliphatic rings. The van der Waals surface area contributed by atoms with Crippen LogP contribution in [0.3, 0.4) is 0 Å². The van der Waals surface area contributed by atoms with Crippen molar-refractivity contribution in [3.8, 4) is 0 Å². The van der Waals surface area contributed by atoms with Gasteiger partial charge in [-0.1, -0.05) is 0 Å². The Labute approximate surface area is 60.6 Å². The van der Waals surface area contributed by atoms with Crippen molar-refractivity contribution < 1.29 is 4.74 Å². The van der Waals surface area contributed by atoms with Crippen molar-refractivity contribution >= 4 is 5.71 Å². The summed E-state index contributed by atoms with van der Waals surface area (Å²) >= 11 is 0. The van der Waals surface area contributed by atoms with Crippen LogP contribution in [-0.4, -0.2) is 26.0 Å². The number of nitrogens with two attached hydrogens (primary N) is 1. The highest BCUT2D eigenvalue weighted by Gasteiger charge is 2.11. The van der Waals surface area contributed by atoms with E-state index in [9.17, 15) is 0 Å². The monoisotopic (exact) mass is 140 g/mol. The molecular weight excluding hydrogens is 128 g/mol. The summed E-state index contributed by atoms with van der Waals surface area (Å²) in [6, 6.07) is 0. The first-order valence-electron chi connectivity index (χ1n) is 3.33. The lowest BCUT2D eigenvalue weighted by Crippen LogP contribution is -2.20. The topological polar surface area (TPSA) is 47.6 Å². The van der Waals surface area contributed by atoms with Crippen molar-refractivity contribution in [1.29, 1.82) is 0 Å². The minimum absolute atomic E-state index is 0.611. The van der Waals surface area contributed by atoms with Crippen LogP contribution in [0.1, 0.15) is 6.42 Å². The molecule has 0 aromatic rings. The van der Waals surface area contributed by atoms with Crippen molar-refractivity contribution in [2.75, 3.05) is 20.3 Å². The molecule has 0 saturated carbocycles. The molecule has 0 unspecified atom stereocenters.